The molecule has 0 amide bonds. The summed E-state index contributed by atoms with van der Waals surface area (Å²) in [7, 11) is -9.91. The van der Waals surface area contributed by atoms with Crippen LogP contribution in [0.25, 0.3) is 0 Å². The average Bonchev–Trinajstić information content (AvgIpc) is 1.20. The lowest BCUT2D eigenvalue weighted by Crippen LogP contribution is -2.30. The minimum atomic E-state index is -4.96. The van der Waals surface area contributed by atoms with E-state index in [-0.39, 0.29) is 25.7 Å². The van der Waals surface area contributed by atoms with E-state index < -0.39 is 97.5 Å². The van der Waals surface area contributed by atoms with Crippen LogP contribution in [0.4, 0.5) is 0 Å². The minimum absolute atomic E-state index is 0.106. The van der Waals surface area contributed by atoms with E-state index in [0.717, 1.165) is 102 Å². The van der Waals surface area contributed by atoms with Crippen LogP contribution in [0, 0.1) is 11.8 Å². The SMILES string of the molecule is CCCCCCCCCCCCCCCCCCCCCCCC(=O)O[C@H](COC(=O)CCCCCCCCCCCCC(C)C)COP(=O)(O)OC[C@@H](O)COP(=O)(O)OC[C@@H](COC(=O)CCCCCCCCCCCC)OC(=O)CCCCCCCCCCCC(C)C. The molecule has 0 aromatic rings. The summed E-state index contributed by atoms with van der Waals surface area (Å²) >= 11 is 0. The second kappa shape index (κ2) is 68.8. The maximum Gasteiger partial charge on any atom is 0.472 e. The Morgan fingerprint density at radius 2 is 0.479 bits per heavy atom. The molecule has 0 saturated heterocycles. The number of esters is 4. The number of carbonyl (C=O) groups is 4. The molecule has 3 N–H and O–H groups in total. The molecule has 5 atom stereocenters. The van der Waals surface area contributed by atoms with E-state index >= 15 is 0 Å². The van der Waals surface area contributed by atoms with Crippen molar-refractivity contribution in [3.8, 4) is 0 Å². The molecule has 2 unspecified atom stereocenters. The van der Waals surface area contributed by atoms with E-state index in [1.807, 2.05) is 0 Å². The number of phosphoric ester groups is 2. The highest BCUT2D eigenvalue weighted by Crippen LogP contribution is 2.45. The summed E-state index contributed by atoms with van der Waals surface area (Å²) in [6, 6.07) is 0. The molecule has 0 heterocycles. The number of unbranched alkanes of at least 4 members (excludes halogenated alkanes) is 46. The third-order valence-corrected chi connectivity index (χ3v) is 19.9. The van der Waals surface area contributed by atoms with Crippen LogP contribution in [0.3, 0.4) is 0 Å². The van der Waals surface area contributed by atoms with Gasteiger partial charge in [0.15, 0.2) is 12.2 Å². The van der Waals surface area contributed by atoms with Crippen molar-refractivity contribution in [3.63, 3.8) is 0 Å². The zero-order valence-corrected chi connectivity index (χ0v) is 64.5. The molecular weight excluding hydrogens is 1260 g/mol. The zero-order chi connectivity index (χ0) is 70.7. The fourth-order valence-electron chi connectivity index (χ4n) is 11.8. The number of aliphatic hydroxyl groups is 1. The fourth-order valence-corrected chi connectivity index (χ4v) is 13.4. The Labute approximate surface area is 588 Å². The summed E-state index contributed by atoms with van der Waals surface area (Å²) in [5.41, 5.74) is 0. The van der Waals surface area contributed by atoms with Gasteiger partial charge in [-0.2, -0.15) is 0 Å². The van der Waals surface area contributed by atoms with Gasteiger partial charge in [-0.1, -0.05) is 350 Å². The van der Waals surface area contributed by atoms with Crippen LogP contribution < -0.4 is 0 Å². The molecule has 0 radical (unpaired) electrons. The smallest absolute Gasteiger partial charge is 0.462 e. The summed E-state index contributed by atoms with van der Waals surface area (Å²) < 4.78 is 68.5. The monoisotopic (exact) mass is 1410 g/mol. The molecule has 0 saturated carbocycles. The van der Waals surface area contributed by atoms with E-state index in [1.165, 1.54) is 218 Å². The van der Waals surface area contributed by atoms with Crippen molar-refractivity contribution in [2.45, 2.75) is 419 Å². The Balaban J connectivity index is 5.20. The average molecular weight is 1410 g/mol. The molecule has 0 rings (SSSR count). The van der Waals surface area contributed by atoms with Crippen LogP contribution in [-0.4, -0.2) is 96.7 Å². The van der Waals surface area contributed by atoms with Gasteiger partial charge in [-0.05, 0) is 37.5 Å². The van der Waals surface area contributed by atoms with Gasteiger partial charge in [0.25, 0.3) is 0 Å². The Morgan fingerprint density at radius 1 is 0.281 bits per heavy atom. The maximum atomic E-state index is 13.1. The molecule has 0 aromatic heterocycles. The van der Waals surface area contributed by atoms with E-state index in [4.69, 9.17) is 37.0 Å². The van der Waals surface area contributed by atoms with E-state index in [0.29, 0.717) is 25.7 Å². The van der Waals surface area contributed by atoms with Gasteiger partial charge < -0.3 is 33.8 Å². The summed E-state index contributed by atoms with van der Waals surface area (Å²) in [4.78, 5) is 72.8. The highest BCUT2D eigenvalue weighted by atomic mass is 31.2. The molecule has 17 nitrogen and oxygen atoms in total. The van der Waals surface area contributed by atoms with Gasteiger partial charge in [-0.15, -0.1) is 0 Å². The molecule has 0 aliphatic rings. The quantitative estimate of drug-likeness (QED) is 0.0222. The van der Waals surface area contributed by atoms with Crippen molar-refractivity contribution in [1.29, 1.82) is 0 Å². The van der Waals surface area contributed by atoms with Crippen LogP contribution >= 0.6 is 15.6 Å². The number of hydrogen-bond acceptors (Lipinski definition) is 15. The highest BCUT2D eigenvalue weighted by molar-refractivity contribution is 7.47. The summed E-state index contributed by atoms with van der Waals surface area (Å²) in [6.45, 7) is 9.56. The van der Waals surface area contributed by atoms with Crippen molar-refractivity contribution in [2.24, 2.45) is 11.8 Å². The Kier molecular flexibility index (Phi) is 67.4. The molecule has 0 fully saturated rings. The Morgan fingerprint density at radius 3 is 0.708 bits per heavy atom. The number of aliphatic hydroxyl groups excluding tert-OH is 1. The molecule has 0 aliphatic carbocycles. The first-order chi connectivity index (χ1) is 46.4. The number of rotatable bonds is 76. The first kappa shape index (κ1) is 94.1. The van der Waals surface area contributed by atoms with Crippen LogP contribution in [0.15, 0.2) is 0 Å². The van der Waals surface area contributed by atoms with Gasteiger partial charge in [0.05, 0.1) is 26.4 Å². The van der Waals surface area contributed by atoms with Gasteiger partial charge in [0.1, 0.15) is 19.3 Å². The van der Waals surface area contributed by atoms with Gasteiger partial charge in [-0.25, -0.2) is 9.13 Å². The number of phosphoric acid groups is 2. The van der Waals surface area contributed by atoms with Crippen LogP contribution in [0.2, 0.25) is 0 Å². The van der Waals surface area contributed by atoms with Crippen molar-refractivity contribution in [2.75, 3.05) is 39.6 Å². The highest BCUT2D eigenvalue weighted by Gasteiger charge is 2.30. The lowest BCUT2D eigenvalue weighted by Gasteiger charge is -2.21. The maximum absolute atomic E-state index is 13.1. The number of ether oxygens (including phenoxy) is 4. The van der Waals surface area contributed by atoms with Crippen LogP contribution in [0.5, 0.6) is 0 Å². The molecule has 0 aromatic carbocycles. The van der Waals surface area contributed by atoms with Crippen molar-refractivity contribution in [3.05, 3.63) is 0 Å². The minimum Gasteiger partial charge on any atom is -0.462 e. The topological polar surface area (TPSA) is 237 Å². The van der Waals surface area contributed by atoms with Crippen molar-refractivity contribution in [1.82, 2.24) is 0 Å². The number of hydrogen-bond donors (Lipinski definition) is 3. The summed E-state index contributed by atoms with van der Waals surface area (Å²) in [5.74, 6) is -0.621. The van der Waals surface area contributed by atoms with Crippen molar-refractivity contribution < 1.29 is 80.2 Å². The predicted octanol–water partition coefficient (Wildman–Crippen LogP) is 22.7. The molecule has 0 bridgehead atoms. The molecule has 0 aliphatic heterocycles. The second-order valence-corrected chi connectivity index (χ2v) is 31.6. The first-order valence-corrected chi connectivity index (χ1v) is 43.0. The predicted molar refractivity (Wildman–Crippen MR) is 391 cm³/mol. The Hall–Kier alpha value is -1.94. The molecular formula is C77H150O17P2. The van der Waals surface area contributed by atoms with Crippen LogP contribution in [0.1, 0.15) is 401 Å². The van der Waals surface area contributed by atoms with E-state index in [2.05, 4.69) is 41.5 Å². The van der Waals surface area contributed by atoms with Crippen molar-refractivity contribution >= 4 is 39.5 Å². The van der Waals surface area contributed by atoms with E-state index in [9.17, 15) is 43.2 Å². The number of carbonyl (C=O) groups excluding carboxylic acids is 4. The fraction of sp³-hybridized carbons (Fsp3) is 0.948. The largest absolute Gasteiger partial charge is 0.472 e. The molecule has 0 spiro atoms. The molecule has 19 heteroatoms. The second-order valence-electron chi connectivity index (χ2n) is 28.7. The Bertz CT molecular complexity index is 1860. The third-order valence-electron chi connectivity index (χ3n) is 18.0. The normalized spacial score (nSPS) is 14.0. The van der Waals surface area contributed by atoms with Gasteiger partial charge in [-0.3, -0.25) is 37.3 Å². The standard InChI is InChI=1S/C77H150O17P2/c1-7-9-11-13-15-17-19-20-21-22-23-24-25-26-27-28-29-37-43-49-55-61-76(81)93-72(66-88-75(80)60-54-48-42-36-31-30-33-39-45-51-57-69(3)4)67-91-95(83,84)89-63-71(78)64-90-96(85,86)92-68-73(65-87-74(79)59-53-47-41-35-18-16-14-12-10-8-2)94-77(82)62-56-50-44-38-32-34-40-46-52-58-70(5)6/h69-73,78H,7-68H2,1-6H3,(H,83,84)(H,85,86)/t71-,72-,73-/m1/s1. The van der Waals surface area contributed by atoms with E-state index in [1.54, 1.807) is 0 Å². The molecule has 96 heavy (non-hydrogen) atoms. The van der Waals surface area contributed by atoms with Gasteiger partial charge >= 0.3 is 39.5 Å². The zero-order valence-electron chi connectivity index (χ0n) is 62.7. The lowest BCUT2D eigenvalue weighted by atomic mass is 10.0. The summed E-state index contributed by atoms with van der Waals surface area (Å²) in [6.07, 6.45) is 57.0. The van der Waals surface area contributed by atoms with Gasteiger partial charge in [0, 0.05) is 25.7 Å². The van der Waals surface area contributed by atoms with Gasteiger partial charge in [0.2, 0.25) is 0 Å². The molecule has 570 valence electrons. The lowest BCUT2D eigenvalue weighted by molar-refractivity contribution is -0.161. The summed E-state index contributed by atoms with van der Waals surface area (Å²) in [5, 5.41) is 10.6. The first-order valence-electron chi connectivity index (χ1n) is 40.0. The third kappa shape index (κ3) is 70.5. The van der Waals surface area contributed by atoms with Crippen LogP contribution in [-0.2, 0) is 65.4 Å².